The van der Waals surface area contributed by atoms with Crippen molar-refractivity contribution in [2.24, 2.45) is 0 Å². The van der Waals surface area contributed by atoms with Crippen LogP contribution in [0.2, 0.25) is 0 Å². The fraction of sp³-hybridized carbons (Fsp3) is 0.526. The van der Waals surface area contributed by atoms with Crippen LogP contribution in [0, 0.1) is 0 Å². The minimum absolute atomic E-state index is 0.278. The predicted octanol–water partition coefficient (Wildman–Crippen LogP) is 4.14. The SMILES string of the molecule is CCCCc1nc2nc3ncccc3cc2n1CCCOC(C)C. The first-order chi connectivity index (χ1) is 11.7. The van der Waals surface area contributed by atoms with Crippen LogP contribution in [0.5, 0.6) is 0 Å². The molecule has 24 heavy (non-hydrogen) atoms. The Morgan fingerprint density at radius 2 is 2.04 bits per heavy atom. The van der Waals surface area contributed by atoms with E-state index in [0.717, 1.165) is 66.9 Å². The number of unbranched alkanes of at least 4 members (excludes halogenated alkanes) is 1. The molecule has 0 aliphatic heterocycles. The summed E-state index contributed by atoms with van der Waals surface area (Å²) in [4.78, 5) is 13.8. The molecule has 0 unspecified atom stereocenters. The van der Waals surface area contributed by atoms with E-state index in [-0.39, 0.29) is 6.10 Å². The number of aryl methyl sites for hydroxylation is 2. The lowest BCUT2D eigenvalue weighted by Crippen LogP contribution is -2.09. The van der Waals surface area contributed by atoms with Crippen molar-refractivity contribution in [1.29, 1.82) is 0 Å². The first-order valence-corrected chi connectivity index (χ1v) is 8.91. The molecule has 0 spiro atoms. The van der Waals surface area contributed by atoms with Gasteiger partial charge in [0.2, 0.25) is 0 Å². The number of ether oxygens (including phenoxy) is 1. The van der Waals surface area contributed by atoms with Gasteiger partial charge in [-0.1, -0.05) is 13.3 Å². The zero-order valence-corrected chi connectivity index (χ0v) is 14.8. The molecule has 3 rings (SSSR count). The molecule has 0 amide bonds. The van der Waals surface area contributed by atoms with Gasteiger partial charge in [0.25, 0.3) is 0 Å². The maximum Gasteiger partial charge on any atom is 0.180 e. The number of hydrogen-bond donors (Lipinski definition) is 0. The van der Waals surface area contributed by atoms with Crippen molar-refractivity contribution >= 4 is 22.2 Å². The Morgan fingerprint density at radius 1 is 1.17 bits per heavy atom. The Balaban J connectivity index is 1.93. The van der Waals surface area contributed by atoms with Crippen LogP contribution >= 0.6 is 0 Å². The fourth-order valence-corrected chi connectivity index (χ4v) is 2.90. The van der Waals surface area contributed by atoms with E-state index in [4.69, 9.17) is 9.72 Å². The van der Waals surface area contributed by atoms with E-state index in [2.05, 4.69) is 47.4 Å². The topological polar surface area (TPSA) is 52.8 Å². The van der Waals surface area contributed by atoms with Gasteiger partial charge in [-0.25, -0.2) is 15.0 Å². The minimum Gasteiger partial charge on any atom is -0.379 e. The first kappa shape index (κ1) is 16.8. The largest absolute Gasteiger partial charge is 0.379 e. The average Bonchev–Trinajstić information content (AvgIpc) is 2.91. The van der Waals surface area contributed by atoms with Gasteiger partial charge in [-0.05, 0) is 44.9 Å². The van der Waals surface area contributed by atoms with Gasteiger partial charge in [0, 0.05) is 31.2 Å². The van der Waals surface area contributed by atoms with E-state index in [1.54, 1.807) is 6.20 Å². The summed E-state index contributed by atoms with van der Waals surface area (Å²) in [5.74, 6) is 1.12. The number of fused-ring (bicyclic) bond motifs is 2. The Labute approximate surface area is 143 Å². The van der Waals surface area contributed by atoms with Gasteiger partial charge < -0.3 is 9.30 Å². The molecule has 3 heterocycles. The summed E-state index contributed by atoms with van der Waals surface area (Å²) in [5.41, 5.74) is 2.67. The molecule has 0 radical (unpaired) electrons. The molecular weight excluding hydrogens is 300 g/mol. The molecular formula is C19H26N4O. The number of hydrogen-bond acceptors (Lipinski definition) is 4. The number of rotatable bonds is 8. The van der Waals surface area contributed by atoms with E-state index in [0.29, 0.717) is 0 Å². The van der Waals surface area contributed by atoms with Crippen molar-refractivity contribution in [1.82, 2.24) is 19.5 Å². The third-order valence-electron chi connectivity index (χ3n) is 4.12. The second-order valence-corrected chi connectivity index (χ2v) is 6.44. The molecule has 0 bridgehead atoms. The quantitative estimate of drug-likeness (QED) is 0.584. The summed E-state index contributed by atoms with van der Waals surface area (Å²) in [6.45, 7) is 8.04. The Morgan fingerprint density at radius 3 is 2.83 bits per heavy atom. The van der Waals surface area contributed by atoms with Crippen LogP contribution in [-0.4, -0.2) is 32.2 Å². The number of aromatic nitrogens is 4. The van der Waals surface area contributed by atoms with Crippen LogP contribution in [0.25, 0.3) is 22.2 Å². The monoisotopic (exact) mass is 326 g/mol. The Kier molecular flexibility index (Phi) is 5.41. The highest BCUT2D eigenvalue weighted by Crippen LogP contribution is 2.21. The number of pyridine rings is 2. The van der Waals surface area contributed by atoms with Crippen molar-refractivity contribution < 1.29 is 4.74 Å². The Hall–Kier alpha value is -2.01. The smallest absolute Gasteiger partial charge is 0.180 e. The predicted molar refractivity (Wildman–Crippen MR) is 97.1 cm³/mol. The van der Waals surface area contributed by atoms with Crippen molar-refractivity contribution in [2.75, 3.05) is 6.61 Å². The highest BCUT2D eigenvalue weighted by molar-refractivity contribution is 5.87. The van der Waals surface area contributed by atoms with Gasteiger partial charge in [-0.2, -0.15) is 0 Å². The summed E-state index contributed by atoms with van der Waals surface area (Å²) >= 11 is 0. The van der Waals surface area contributed by atoms with E-state index >= 15 is 0 Å². The van der Waals surface area contributed by atoms with Gasteiger partial charge >= 0.3 is 0 Å². The molecule has 0 aliphatic carbocycles. The van der Waals surface area contributed by atoms with Gasteiger partial charge in [-0.15, -0.1) is 0 Å². The molecule has 0 saturated carbocycles. The van der Waals surface area contributed by atoms with E-state index in [1.165, 1.54) is 0 Å². The summed E-state index contributed by atoms with van der Waals surface area (Å²) in [5, 5.41) is 1.06. The average molecular weight is 326 g/mol. The van der Waals surface area contributed by atoms with Crippen LogP contribution < -0.4 is 0 Å². The third-order valence-corrected chi connectivity index (χ3v) is 4.12. The zero-order valence-electron chi connectivity index (χ0n) is 14.8. The molecule has 0 saturated heterocycles. The molecule has 0 aromatic carbocycles. The van der Waals surface area contributed by atoms with Crippen LogP contribution in [0.4, 0.5) is 0 Å². The lowest BCUT2D eigenvalue weighted by atomic mass is 10.2. The summed E-state index contributed by atoms with van der Waals surface area (Å²) in [7, 11) is 0. The standard InChI is InChI=1S/C19H26N4O/c1-4-5-9-17-21-19-16(23(17)11-7-12-24-14(2)3)13-15-8-6-10-20-18(15)22-19/h6,8,10,13-14H,4-5,7,9,11-12H2,1-3H3. The second kappa shape index (κ2) is 7.71. The highest BCUT2D eigenvalue weighted by Gasteiger charge is 2.13. The number of imidazole rings is 1. The second-order valence-electron chi connectivity index (χ2n) is 6.44. The highest BCUT2D eigenvalue weighted by atomic mass is 16.5. The minimum atomic E-state index is 0.278. The molecule has 5 nitrogen and oxygen atoms in total. The van der Waals surface area contributed by atoms with Gasteiger partial charge in [0.05, 0.1) is 11.6 Å². The molecule has 0 aliphatic rings. The van der Waals surface area contributed by atoms with E-state index in [9.17, 15) is 0 Å². The molecule has 0 atom stereocenters. The maximum absolute atomic E-state index is 5.68. The summed E-state index contributed by atoms with van der Waals surface area (Å²) in [6.07, 6.45) is 6.33. The fourth-order valence-electron chi connectivity index (χ4n) is 2.90. The van der Waals surface area contributed by atoms with Crippen molar-refractivity contribution in [3.8, 4) is 0 Å². The molecule has 5 heteroatoms. The zero-order chi connectivity index (χ0) is 16.9. The van der Waals surface area contributed by atoms with Gasteiger partial charge in [0.15, 0.2) is 11.3 Å². The maximum atomic E-state index is 5.68. The van der Waals surface area contributed by atoms with E-state index in [1.807, 2.05) is 6.07 Å². The van der Waals surface area contributed by atoms with Crippen LogP contribution in [0.1, 0.15) is 45.9 Å². The van der Waals surface area contributed by atoms with E-state index < -0.39 is 0 Å². The molecule has 0 N–H and O–H groups in total. The molecule has 0 fully saturated rings. The first-order valence-electron chi connectivity index (χ1n) is 8.91. The lowest BCUT2D eigenvalue weighted by molar-refractivity contribution is 0.0749. The Bertz CT molecular complexity index is 810. The van der Waals surface area contributed by atoms with Crippen molar-refractivity contribution in [3.05, 3.63) is 30.2 Å². The van der Waals surface area contributed by atoms with Gasteiger partial charge in [-0.3, -0.25) is 0 Å². The van der Waals surface area contributed by atoms with Crippen LogP contribution in [-0.2, 0) is 17.7 Å². The number of nitrogens with zero attached hydrogens (tertiary/aromatic N) is 4. The van der Waals surface area contributed by atoms with Crippen molar-refractivity contribution in [2.45, 2.75) is 59.1 Å². The van der Waals surface area contributed by atoms with Crippen LogP contribution in [0.3, 0.4) is 0 Å². The summed E-state index contributed by atoms with van der Waals surface area (Å²) in [6, 6.07) is 6.17. The molecule has 3 aromatic heterocycles. The van der Waals surface area contributed by atoms with Crippen LogP contribution in [0.15, 0.2) is 24.4 Å². The normalized spacial score (nSPS) is 11.8. The van der Waals surface area contributed by atoms with Crippen molar-refractivity contribution in [3.63, 3.8) is 0 Å². The molecule has 3 aromatic rings. The summed E-state index contributed by atoms with van der Waals surface area (Å²) < 4.78 is 8.00. The van der Waals surface area contributed by atoms with Gasteiger partial charge in [0.1, 0.15) is 5.82 Å². The third kappa shape index (κ3) is 3.73. The lowest BCUT2D eigenvalue weighted by Gasteiger charge is -2.11. The molecule has 128 valence electrons.